The van der Waals surface area contributed by atoms with Crippen LogP contribution in [0.1, 0.15) is 37.8 Å². The highest BCUT2D eigenvalue weighted by Crippen LogP contribution is 2.17. The van der Waals surface area contributed by atoms with Crippen molar-refractivity contribution in [3.05, 3.63) is 56.2 Å². The van der Waals surface area contributed by atoms with E-state index in [-0.39, 0.29) is 5.56 Å². The zero-order chi connectivity index (χ0) is 18.6. The zero-order valence-electron chi connectivity index (χ0n) is 15.5. The lowest BCUT2D eigenvalue weighted by atomic mass is 10.1. The molecule has 25 heavy (non-hydrogen) atoms. The Labute approximate surface area is 147 Å². The van der Waals surface area contributed by atoms with Crippen molar-refractivity contribution in [1.29, 1.82) is 0 Å². The Balaban J connectivity index is 2.32. The largest absolute Gasteiger partial charge is 0.443 e. The summed E-state index contributed by atoms with van der Waals surface area (Å²) in [5.74, 6) is 1.38. The molecular weight excluding hydrogens is 318 g/mol. The Morgan fingerprint density at radius 1 is 1.20 bits per heavy atom. The van der Waals surface area contributed by atoms with Gasteiger partial charge in [0.2, 0.25) is 0 Å². The van der Waals surface area contributed by atoms with Crippen LogP contribution in [0.2, 0.25) is 0 Å². The fraction of sp³-hybridized carbons (Fsp3) is 0.421. The Morgan fingerprint density at radius 3 is 2.60 bits per heavy atom. The lowest BCUT2D eigenvalue weighted by Gasteiger charge is -2.11. The van der Waals surface area contributed by atoms with Gasteiger partial charge in [-0.25, -0.2) is 4.79 Å². The van der Waals surface area contributed by atoms with Gasteiger partial charge in [-0.2, -0.15) is 4.99 Å². The van der Waals surface area contributed by atoms with Gasteiger partial charge in [-0.3, -0.25) is 13.9 Å². The molecule has 0 amide bonds. The van der Waals surface area contributed by atoms with Crippen LogP contribution < -0.4 is 16.0 Å². The zero-order valence-corrected chi connectivity index (χ0v) is 15.5. The third-order valence-corrected chi connectivity index (χ3v) is 4.10. The van der Waals surface area contributed by atoms with Crippen molar-refractivity contribution in [3.8, 4) is 5.75 Å². The van der Waals surface area contributed by atoms with E-state index in [1.165, 1.54) is 17.2 Å². The summed E-state index contributed by atoms with van der Waals surface area (Å²) in [6.45, 7) is 5.52. The van der Waals surface area contributed by atoms with Gasteiger partial charge in [0.25, 0.3) is 5.56 Å². The van der Waals surface area contributed by atoms with E-state index in [1.807, 2.05) is 18.2 Å². The Bertz CT molecular complexity index is 870. The van der Waals surface area contributed by atoms with Gasteiger partial charge in [-0.05, 0) is 37.5 Å². The molecule has 1 aromatic heterocycles. The maximum atomic E-state index is 12.1. The molecule has 6 nitrogen and oxygen atoms in total. The van der Waals surface area contributed by atoms with E-state index < -0.39 is 5.69 Å². The second-order valence-corrected chi connectivity index (χ2v) is 6.14. The maximum Gasteiger partial charge on any atom is 0.332 e. The van der Waals surface area contributed by atoms with Crippen molar-refractivity contribution in [2.75, 3.05) is 0 Å². The van der Waals surface area contributed by atoms with E-state index in [9.17, 15) is 9.59 Å². The Kier molecular flexibility index (Phi) is 5.96. The van der Waals surface area contributed by atoms with Crippen LogP contribution in [0.25, 0.3) is 0 Å². The number of aromatic nitrogens is 2. The number of hydrogen-bond acceptors (Lipinski definition) is 4. The summed E-state index contributed by atoms with van der Waals surface area (Å²) in [5, 5.41) is 0. The first-order chi connectivity index (χ1) is 11.8. The second-order valence-electron chi connectivity index (χ2n) is 6.14. The van der Waals surface area contributed by atoms with E-state index in [2.05, 4.69) is 18.0 Å². The normalized spacial score (nSPS) is 11.6. The van der Waals surface area contributed by atoms with Gasteiger partial charge in [0.15, 0.2) is 5.90 Å². The van der Waals surface area contributed by atoms with E-state index >= 15 is 0 Å². The lowest BCUT2D eigenvalue weighted by Crippen LogP contribution is -2.38. The predicted molar refractivity (Wildman–Crippen MR) is 100 cm³/mol. The van der Waals surface area contributed by atoms with Gasteiger partial charge in [-0.1, -0.05) is 25.5 Å². The molecule has 6 heteroatoms. The van der Waals surface area contributed by atoms with Crippen LogP contribution in [0.3, 0.4) is 0 Å². The summed E-state index contributed by atoms with van der Waals surface area (Å²) in [6, 6.07) is 7.88. The first-order valence-electron chi connectivity index (χ1n) is 8.43. The number of aryl methyl sites for hydroxylation is 1. The van der Waals surface area contributed by atoms with Gasteiger partial charge >= 0.3 is 5.69 Å². The molecule has 134 valence electrons. The van der Waals surface area contributed by atoms with Crippen LogP contribution >= 0.6 is 0 Å². The molecule has 1 aromatic carbocycles. The van der Waals surface area contributed by atoms with Crippen LogP contribution in [0, 0.1) is 6.92 Å². The van der Waals surface area contributed by atoms with E-state index in [4.69, 9.17) is 4.74 Å². The Hall–Kier alpha value is -2.63. The molecule has 2 aromatic rings. The predicted octanol–water partition coefficient (Wildman–Crippen LogP) is 2.86. The fourth-order valence-electron chi connectivity index (χ4n) is 2.65. The molecule has 2 rings (SSSR count). The highest BCUT2D eigenvalue weighted by atomic mass is 16.5. The SMILES string of the molecule is CCCCc1cccc(OC(C)=Nc2c(C)c(=O)n(C)c(=O)n2C)c1. The molecule has 0 atom stereocenters. The summed E-state index contributed by atoms with van der Waals surface area (Å²) in [4.78, 5) is 28.5. The maximum absolute atomic E-state index is 12.1. The van der Waals surface area contributed by atoms with Gasteiger partial charge in [0.05, 0.1) is 5.56 Å². The van der Waals surface area contributed by atoms with Gasteiger partial charge in [-0.15, -0.1) is 0 Å². The standard InChI is InChI=1S/C19H25N3O3/c1-6-7-9-15-10-8-11-16(12-15)25-14(3)20-17-13(2)18(23)22(5)19(24)21(17)4/h8,10-12H,6-7,9H2,1-5H3. The van der Waals surface area contributed by atoms with Crippen LogP contribution in [-0.4, -0.2) is 15.0 Å². The van der Waals surface area contributed by atoms with Gasteiger partial charge in [0, 0.05) is 21.0 Å². The van der Waals surface area contributed by atoms with Crippen LogP contribution in [0.5, 0.6) is 5.75 Å². The minimum Gasteiger partial charge on any atom is -0.443 e. The van der Waals surface area contributed by atoms with Crippen LogP contribution in [0.4, 0.5) is 5.82 Å². The molecule has 0 aliphatic heterocycles. The van der Waals surface area contributed by atoms with E-state index in [0.717, 1.165) is 23.8 Å². The summed E-state index contributed by atoms with van der Waals surface area (Å²) in [5.41, 5.74) is 0.855. The molecule has 0 spiro atoms. The summed E-state index contributed by atoms with van der Waals surface area (Å²) in [7, 11) is 3.04. The Morgan fingerprint density at radius 2 is 1.92 bits per heavy atom. The summed E-state index contributed by atoms with van der Waals surface area (Å²) in [6.07, 6.45) is 3.28. The molecule has 0 N–H and O–H groups in total. The molecule has 0 saturated carbocycles. The van der Waals surface area contributed by atoms with Crippen molar-refractivity contribution in [1.82, 2.24) is 9.13 Å². The molecule has 0 fully saturated rings. The molecule has 1 heterocycles. The van der Waals surface area contributed by atoms with Crippen LogP contribution in [-0.2, 0) is 20.5 Å². The smallest absolute Gasteiger partial charge is 0.332 e. The number of hydrogen-bond donors (Lipinski definition) is 0. The van der Waals surface area contributed by atoms with Crippen LogP contribution in [0.15, 0.2) is 38.8 Å². The first kappa shape index (κ1) is 18.7. The van der Waals surface area contributed by atoms with E-state index in [0.29, 0.717) is 23.0 Å². The fourth-order valence-corrected chi connectivity index (χ4v) is 2.65. The highest BCUT2D eigenvalue weighted by Gasteiger charge is 2.12. The third kappa shape index (κ3) is 4.26. The topological polar surface area (TPSA) is 65.6 Å². The number of benzene rings is 1. The van der Waals surface area contributed by atoms with Gasteiger partial charge in [0.1, 0.15) is 11.6 Å². The van der Waals surface area contributed by atoms with Crippen molar-refractivity contribution >= 4 is 11.7 Å². The van der Waals surface area contributed by atoms with Crippen molar-refractivity contribution in [2.24, 2.45) is 19.1 Å². The molecule has 0 aliphatic carbocycles. The van der Waals surface area contributed by atoms with Gasteiger partial charge < -0.3 is 4.74 Å². The molecule has 0 unspecified atom stereocenters. The number of nitrogens with zero attached hydrogens (tertiary/aromatic N) is 3. The molecule has 0 bridgehead atoms. The molecular formula is C19H25N3O3. The molecule has 0 aliphatic rings. The highest BCUT2D eigenvalue weighted by molar-refractivity contribution is 5.78. The number of aliphatic imine (C=N–C) groups is 1. The minimum atomic E-state index is -0.413. The molecule has 0 saturated heterocycles. The average molecular weight is 343 g/mol. The quantitative estimate of drug-likeness (QED) is 0.619. The third-order valence-electron chi connectivity index (χ3n) is 4.10. The lowest BCUT2D eigenvalue weighted by molar-refractivity contribution is 0.544. The summed E-state index contributed by atoms with van der Waals surface area (Å²) >= 11 is 0. The van der Waals surface area contributed by atoms with E-state index in [1.54, 1.807) is 20.9 Å². The number of unbranched alkanes of at least 4 members (excludes halogenated alkanes) is 1. The van der Waals surface area contributed by atoms with Crippen molar-refractivity contribution < 1.29 is 4.74 Å². The minimum absolute atomic E-state index is 0.313. The monoisotopic (exact) mass is 343 g/mol. The average Bonchev–Trinajstić information content (AvgIpc) is 2.60. The number of rotatable bonds is 5. The summed E-state index contributed by atoms with van der Waals surface area (Å²) < 4.78 is 8.20. The second kappa shape index (κ2) is 7.96. The number of ether oxygens (including phenoxy) is 1. The van der Waals surface area contributed by atoms with Crippen molar-refractivity contribution in [3.63, 3.8) is 0 Å². The first-order valence-corrected chi connectivity index (χ1v) is 8.43. The molecule has 0 radical (unpaired) electrons. The van der Waals surface area contributed by atoms with Crippen molar-refractivity contribution in [2.45, 2.75) is 40.0 Å².